The number of rotatable bonds is 1. The second-order valence-corrected chi connectivity index (χ2v) is 6.65. The van der Waals surface area contributed by atoms with E-state index in [-0.39, 0.29) is 16.7 Å². The summed E-state index contributed by atoms with van der Waals surface area (Å²) in [5.41, 5.74) is -5.65. The Morgan fingerprint density at radius 1 is 1.11 bits per heavy atom. The molecule has 1 rings (SSSR count). The molecule has 9 heteroatoms. The SMILES string of the molecule is C[S+](C)c1ccc(F)cc1.O=S(=O)([O-])C(F)(F)F. The van der Waals surface area contributed by atoms with Crippen LogP contribution in [0.3, 0.4) is 0 Å². The summed E-state index contributed by atoms with van der Waals surface area (Å²) >= 11 is 0. The lowest BCUT2D eigenvalue weighted by Crippen LogP contribution is -2.21. The lowest BCUT2D eigenvalue weighted by molar-refractivity contribution is -0.0517. The Hall–Kier alpha value is -0.800. The Kier molecular flexibility index (Phi) is 6.11. The third-order valence-electron chi connectivity index (χ3n) is 1.57. The van der Waals surface area contributed by atoms with Gasteiger partial charge in [0.05, 0.1) is 0 Å². The van der Waals surface area contributed by atoms with E-state index in [2.05, 4.69) is 12.5 Å². The predicted octanol–water partition coefficient (Wildman–Crippen LogP) is 2.11. The molecule has 1 aromatic rings. The van der Waals surface area contributed by atoms with Crippen LogP contribution in [0.15, 0.2) is 29.2 Å². The van der Waals surface area contributed by atoms with Crippen molar-refractivity contribution in [3.05, 3.63) is 30.1 Å². The van der Waals surface area contributed by atoms with Gasteiger partial charge in [-0.15, -0.1) is 0 Å². The molecule has 0 unspecified atom stereocenters. The zero-order valence-corrected chi connectivity index (χ0v) is 11.0. The molecule has 0 fully saturated rings. The summed E-state index contributed by atoms with van der Waals surface area (Å²) in [6, 6.07) is 6.67. The van der Waals surface area contributed by atoms with Crippen LogP contribution in [0.1, 0.15) is 0 Å². The number of hydrogen-bond acceptors (Lipinski definition) is 3. The minimum absolute atomic E-state index is 0.158. The molecular weight excluding hydrogens is 296 g/mol. The van der Waals surface area contributed by atoms with Gasteiger partial charge in [0.2, 0.25) is 0 Å². The highest BCUT2D eigenvalue weighted by atomic mass is 32.2. The predicted molar refractivity (Wildman–Crippen MR) is 59.6 cm³/mol. The summed E-state index contributed by atoms with van der Waals surface area (Å²) < 4.78 is 71.3. The smallest absolute Gasteiger partial charge is 0.485 e. The van der Waals surface area contributed by atoms with Crippen LogP contribution in [-0.4, -0.2) is 31.0 Å². The van der Waals surface area contributed by atoms with Crippen LogP contribution < -0.4 is 0 Å². The van der Waals surface area contributed by atoms with Crippen molar-refractivity contribution in [1.29, 1.82) is 0 Å². The van der Waals surface area contributed by atoms with Crippen molar-refractivity contribution in [2.45, 2.75) is 10.4 Å². The van der Waals surface area contributed by atoms with Crippen molar-refractivity contribution in [2.75, 3.05) is 12.5 Å². The number of alkyl halides is 3. The maximum Gasteiger partial charge on any atom is 0.485 e. The van der Waals surface area contributed by atoms with E-state index < -0.39 is 15.6 Å². The fourth-order valence-electron chi connectivity index (χ4n) is 0.707. The fourth-order valence-corrected chi connectivity index (χ4v) is 1.39. The van der Waals surface area contributed by atoms with Crippen molar-refractivity contribution in [3.8, 4) is 0 Å². The quantitative estimate of drug-likeness (QED) is 0.345. The Morgan fingerprint density at radius 3 is 1.67 bits per heavy atom. The molecule has 0 bridgehead atoms. The van der Waals surface area contributed by atoms with Gasteiger partial charge in [-0.05, 0) is 24.3 Å². The maximum atomic E-state index is 12.4. The third-order valence-corrected chi connectivity index (χ3v) is 3.35. The van der Waals surface area contributed by atoms with Crippen molar-refractivity contribution in [3.63, 3.8) is 0 Å². The molecule has 1 aromatic carbocycles. The lowest BCUT2D eigenvalue weighted by atomic mass is 10.4. The topological polar surface area (TPSA) is 57.2 Å². The molecule has 0 aliphatic carbocycles. The highest BCUT2D eigenvalue weighted by molar-refractivity contribution is 7.95. The standard InChI is InChI=1S/C8H10FS.CHF3O3S/c1-10(2)8-5-3-7(9)4-6-8;2-1(3,4)8(5,6)7/h3-6H,1-2H3;(H,5,6,7)/q+1;/p-1. The summed E-state index contributed by atoms with van der Waals surface area (Å²) in [5.74, 6) is -0.158. The minimum atomic E-state index is -6.09. The summed E-state index contributed by atoms with van der Waals surface area (Å²) in [6.45, 7) is 0. The zero-order valence-electron chi connectivity index (χ0n) is 9.36. The first kappa shape index (κ1) is 17.2. The van der Waals surface area contributed by atoms with Crippen molar-refractivity contribution < 1.29 is 30.5 Å². The fraction of sp³-hybridized carbons (Fsp3) is 0.333. The summed E-state index contributed by atoms with van der Waals surface area (Å²) in [6.07, 6.45) is 4.24. The molecule has 0 heterocycles. The van der Waals surface area contributed by atoms with Gasteiger partial charge in [0.25, 0.3) is 0 Å². The van der Waals surface area contributed by atoms with Gasteiger partial charge in [0.1, 0.15) is 18.3 Å². The van der Waals surface area contributed by atoms with Gasteiger partial charge in [0.15, 0.2) is 15.0 Å². The Labute approximate surface area is 105 Å². The average molecular weight is 306 g/mol. The van der Waals surface area contributed by atoms with Gasteiger partial charge in [-0.25, -0.2) is 12.8 Å². The van der Waals surface area contributed by atoms with E-state index in [1.165, 1.54) is 17.0 Å². The molecule has 0 atom stereocenters. The van der Waals surface area contributed by atoms with Crippen LogP contribution in [0.25, 0.3) is 0 Å². The monoisotopic (exact) mass is 306 g/mol. The highest BCUT2D eigenvalue weighted by Crippen LogP contribution is 2.20. The molecule has 104 valence electrons. The number of halogens is 4. The average Bonchev–Trinajstić information content (AvgIpc) is 2.16. The van der Waals surface area contributed by atoms with E-state index in [1.54, 1.807) is 0 Å². The number of hydrogen-bond donors (Lipinski definition) is 0. The largest absolute Gasteiger partial charge is 0.741 e. The lowest BCUT2D eigenvalue weighted by Gasteiger charge is -2.08. The first-order valence-electron chi connectivity index (χ1n) is 4.30. The van der Waals surface area contributed by atoms with Crippen LogP contribution in [0, 0.1) is 5.82 Å². The number of benzene rings is 1. The van der Waals surface area contributed by atoms with E-state index in [4.69, 9.17) is 13.0 Å². The maximum absolute atomic E-state index is 12.4. The summed E-state index contributed by atoms with van der Waals surface area (Å²) in [4.78, 5) is 1.21. The van der Waals surface area contributed by atoms with Crippen LogP contribution >= 0.6 is 0 Å². The van der Waals surface area contributed by atoms with Crippen LogP contribution in [0.5, 0.6) is 0 Å². The Bertz CT molecular complexity index is 466. The van der Waals surface area contributed by atoms with Gasteiger partial charge in [-0.2, -0.15) is 13.2 Å². The van der Waals surface area contributed by atoms with E-state index in [0.717, 1.165) is 0 Å². The first-order chi connectivity index (χ1) is 7.95. The van der Waals surface area contributed by atoms with Crippen molar-refractivity contribution in [1.82, 2.24) is 0 Å². The molecule has 3 nitrogen and oxygen atoms in total. The molecule has 0 saturated heterocycles. The molecule has 0 aliphatic heterocycles. The molecule has 0 aromatic heterocycles. The normalized spacial score (nSPS) is 12.0. The second-order valence-electron chi connectivity index (χ2n) is 3.17. The van der Waals surface area contributed by atoms with E-state index in [0.29, 0.717) is 0 Å². The van der Waals surface area contributed by atoms with Crippen LogP contribution in [0.2, 0.25) is 0 Å². The van der Waals surface area contributed by atoms with Gasteiger partial charge in [0, 0.05) is 10.9 Å². The Morgan fingerprint density at radius 2 is 1.44 bits per heavy atom. The summed E-state index contributed by atoms with van der Waals surface area (Å²) in [5, 5.41) is 0. The summed E-state index contributed by atoms with van der Waals surface area (Å²) in [7, 11) is -5.84. The third kappa shape index (κ3) is 6.22. The van der Waals surface area contributed by atoms with E-state index >= 15 is 0 Å². The van der Waals surface area contributed by atoms with Gasteiger partial charge in [-0.1, -0.05) is 0 Å². The van der Waals surface area contributed by atoms with Crippen LogP contribution in [0.4, 0.5) is 17.6 Å². The van der Waals surface area contributed by atoms with Gasteiger partial charge >= 0.3 is 5.51 Å². The van der Waals surface area contributed by atoms with Crippen molar-refractivity contribution >= 4 is 21.0 Å². The highest BCUT2D eigenvalue weighted by Gasteiger charge is 2.36. The molecule has 0 amide bonds. The second kappa shape index (κ2) is 6.39. The first-order valence-corrected chi connectivity index (χ1v) is 7.75. The molecular formula is C9H10F4O3S2. The molecule has 0 aliphatic rings. The minimum Gasteiger partial charge on any atom is -0.741 e. The zero-order chi connectivity index (χ0) is 14.6. The van der Waals surface area contributed by atoms with Gasteiger partial charge < -0.3 is 4.55 Å². The van der Waals surface area contributed by atoms with Crippen molar-refractivity contribution in [2.24, 2.45) is 0 Å². The molecule has 0 N–H and O–H groups in total. The molecule has 18 heavy (non-hydrogen) atoms. The molecule has 0 spiro atoms. The Balaban J connectivity index is 0.000000331. The van der Waals surface area contributed by atoms with E-state index in [9.17, 15) is 17.6 Å². The van der Waals surface area contributed by atoms with Crippen LogP contribution in [-0.2, 0) is 21.0 Å². The van der Waals surface area contributed by atoms with Gasteiger partial charge in [-0.3, -0.25) is 0 Å². The van der Waals surface area contributed by atoms with E-state index in [1.807, 2.05) is 12.1 Å². The molecule has 0 radical (unpaired) electrons. The molecule has 0 saturated carbocycles.